The van der Waals surface area contributed by atoms with Crippen molar-refractivity contribution < 1.29 is 14.3 Å². The molecule has 0 atom stereocenters. The lowest BCUT2D eigenvalue weighted by atomic mass is 10.1. The molecule has 0 radical (unpaired) electrons. The Morgan fingerprint density at radius 1 is 1.26 bits per heavy atom. The number of rotatable bonds is 6. The van der Waals surface area contributed by atoms with E-state index in [1.807, 2.05) is 36.5 Å². The van der Waals surface area contributed by atoms with Crippen molar-refractivity contribution in [3.63, 3.8) is 0 Å². The molecule has 1 aromatic carbocycles. The molecule has 1 amide bonds. The number of carbonyl (C=O) groups excluding carboxylic acids is 2. The maximum absolute atomic E-state index is 12.5. The van der Waals surface area contributed by atoms with E-state index in [1.165, 1.54) is 23.3 Å². The molecular weight excluding hydrogens is 434 g/mol. The first-order valence-electron chi connectivity index (χ1n) is 9.39. The molecule has 2 aromatic heterocycles. The summed E-state index contributed by atoms with van der Waals surface area (Å²) < 4.78 is 6.68. The lowest BCUT2D eigenvalue weighted by Crippen LogP contribution is -2.28. The zero-order chi connectivity index (χ0) is 22.5. The molecule has 0 aliphatic carbocycles. The minimum atomic E-state index is -0.522. The van der Waals surface area contributed by atoms with E-state index < -0.39 is 5.97 Å². The van der Waals surface area contributed by atoms with E-state index in [1.54, 1.807) is 31.9 Å². The number of benzene rings is 1. The van der Waals surface area contributed by atoms with Crippen molar-refractivity contribution in [1.29, 1.82) is 0 Å². The molecule has 8 nitrogen and oxygen atoms in total. The van der Waals surface area contributed by atoms with Crippen molar-refractivity contribution in [2.75, 3.05) is 26.5 Å². The number of carbonyl (C=O) groups is 2. The predicted octanol–water partition coefficient (Wildman–Crippen LogP) is 3.22. The van der Waals surface area contributed by atoms with Crippen LogP contribution in [0.5, 0.6) is 0 Å². The molecule has 2 N–H and O–H groups in total. The number of nitrogens with one attached hydrogen (secondary N) is 2. The lowest BCUT2D eigenvalue weighted by Gasteiger charge is -2.11. The van der Waals surface area contributed by atoms with Gasteiger partial charge in [-0.25, -0.2) is 9.48 Å². The van der Waals surface area contributed by atoms with Crippen molar-refractivity contribution in [2.24, 2.45) is 0 Å². The van der Waals surface area contributed by atoms with E-state index in [0.717, 1.165) is 11.3 Å². The molecule has 0 spiro atoms. The summed E-state index contributed by atoms with van der Waals surface area (Å²) in [5.74, 6) is -0.706. The van der Waals surface area contributed by atoms with Gasteiger partial charge in [-0.1, -0.05) is 12.1 Å². The van der Waals surface area contributed by atoms with E-state index in [4.69, 9.17) is 17.0 Å². The van der Waals surface area contributed by atoms with Crippen molar-refractivity contribution in [1.82, 2.24) is 20.0 Å². The van der Waals surface area contributed by atoms with Gasteiger partial charge in [0.05, 0.1) is 23.2 Å². The summed E-state index contributed by atoms with van der Waals surface area (Å²) >= 11 is 6.58. The second kappa shape index (κ2) is 9.71. The Hall–Kier alpha value is -3.24. The first-order valence-corrected chi connectivity index (χ1v) is 10.6. The number of esters is 1. The maximum atomic E-state index is 12.5. The predicted molar refractivity (Wildman–Crippen MR) is 125 cm³/mol. The van der Waals surface area contributed by atoms with Crippen LogP contribution < -0.4 is 10.6 Å². The summed E-state index contributed by atoms with van der Waals surface area (Å²) in [6.07, 6.45) is 3.61. The summed E-state index contributed by atoms with van der Waals surface area (Å²) in [5.41, 5.74) is 2.86. The molecule has 162 valence electrons. The van der Waals surface area contributed by atoms with Crippen molar-refractivity contribution in [2.45, 2.75) is 13.5 Å². The number of thiophene rings is 1. The van der Waals surface area contributed by atoms with E-state index in [-0.39, 0.29) is 5.91 Å². The van der Waals surface area contributed by atoms with Gasteiger partial charge in [-0.3, -0.25) is 4.79 Å². The van der Waals surface area contributed by atoms with Gasteiger partial charge in [0.15, 0.2) is 5.11 Å². The smallest absolute Gasteiger partial charge is 0.341 e. The lowest BCUT2D eigenvalue weighted by molar-refractivity contribution is 0.0601. The van der Waals surface area contributed by atoms with Crippen LogP contribution in [0, 0.1) is 6.92 Å². The van der Waals surface area contributed by atoms with Gasteiger partial charge in [-0.2, -0.15) is 5.10 Å². The van der Waals surface area contributed by atoms with Gasteiger partial charge in [0.1, 0.15) is 5.00 Å². The van der Waals surface area contributed by atoms with Crippen LogP contribution in [0.15, 0.2) is 42.7 Å². The van der Waals surface area contributed by atoms with Crippen LogP contribution >= 0.6 is 23.6 Å². The molecule has 0 fully saturated rings. The number of methoxy groups -OCH3 is 1. The van der Waals surface area contributed by atoms with Crippen LogP contribution in [0.2, 0.25) is 0 Å². The van der Waals surface area contributed by atoms with Crippen LogP contribution in [0.4, 0.5) is 5.00 Å². The second-order valence-electron chi connectivity index (χ2n) is 6.88. The molecule has 2 heterocycles. The molecule has 0 saturated heterocycles. The number of hydrogen-bond acceptors (Lipinski definition) is 6. The fraction of sp³-hybridized carbons (Fsp3) is 0.238. The van der Waals surface area contributed by atoms with Gasteiger partial charge < -0.3 is 20.3 Å². The zero-order valence-electron chi connectivity index (χ0n) is 17.6. The number of aromatic nitrogens is 2. The quantitative estimate of drug-likeness (QED) is 0.434. The Bertz CT molecular complexity index is 1090. The summed E-state index contributed by atoms with van der Waals surface area (Å²) in [6, 6.07) is 9.77. The number of thiocarbonyl (C=S) groups is 1. The van der Waals surface area contributed by atoms with Gasteiger partial charge in [-0.05, 0) is 48.5 Å². The van der Waals surface area contributed by atoms with Crippen LogP contribution in [0.1, 0.15) is 31.2 Å². The van der Waals surface area contributed by atoms with Crippen molar-refractivity contribution in [3.8, 4) is 5.69 Å². The number of nitrogens with zero attached hydrogens (tertiary/aromatic N) is 3. The summed E-state index contributed by atoms with van der Waals surface area (Å²) in [5, 5.41) is 11.2. The summed E-state index contributed by atoms with van der Waals surface area (Å²) in [6.45, 7) is 2.22. The molecule has 0 bridgehead atoms. The van der Waals surface area contributed by atoms with Crippen LogP contribution in [-0.2, 0) is 11.3 Å². The maximum Gasteiger partial charge on any atom is 0.341 e. The van der Waals surface area contributed by atoms with Gasteiger partial charge >= 0.3 is 5.97 Å². The molecule has 3 rings (SSSR count). The highest BCUT2D eigenvalue weighted by molar-refractivity contribution is 7.80. The minimum absolute atomic E-state index is 0.183. The topological polar surface area (TPSA) is 88.5 Å². The Kier molecular flexibility index (Phi) is 7.03. The van der Waals surface area contributed by atoms with Gasteiger partial charge in [-0.15, -0.1) is 11.3 Å². The fourth-order valence-corrected chi connectivity index (χ4v) is 4.33. The van der Waals surface area contributed by atoms with Gasteiger partial charge in [0.2, 0.25) is 0 Å². The van der Waals surface area contributed by atoms with E-state index in [0.29, 0.717) is 32.7 Å². The summed E-state index contributed by atoms with van der Waals surface area (Å²) in [7, 11) is 4.63. The number of ether oxygens (including phenoxy) is 1. The van der Waals surface area contributed by atoms with Gasteiger partial charge in [0, 0.05) is 33.0 Å². The fourth-order valence-electron chi connectivity index (χ4n) is 2.87. The van der Waals surface area contributed by atoms with Crippen molar-refractivity contribution in [3.05, 3.63) is 64.3 Å². The molecule has 3 aromatic rings. The van der Waals surface area contributed by atoms with Crippen LogP contribution in [0.3, 0.4) is 0 Å². The Labute approximate surface area is 189 Å². The average molecular weight is 458 g/mol. The summed E-state index contributed by atoms with van der Waals surface area (Å²) in [4.78, 5) is 26.7. The van der Waals surface area contributed by atoms with Gasteiger partial charge in [0.25, 0.3) is 5.91 Å². The standard InChI is InChI=1S/C21H23N5O3S2/c1-13-16(20(28)29-4)18(31-17(13)19(27)25(2)3)24-21(30)22-12-14-6-8-15(9-7-14)26-11-5-10-23-26/h5-11H,12H2,1-4H3,(H2,22,24,30). The van der Waals surface area contributed by atoms with Crippen molar-refractivity contribution >= 4 is 45.5 Å². The van der Waals surface area contributed by atoms with E-state index in [2.05, 4.69) is 15.7 Å². The molecule has 0 aliphatic rings. The normalized spacial score (nSPS) is 10.5. The number of amides is 1. The molecular formula is C21H23N5O3S2. The monoisotopic (exact) mass is 457 g/mol. The van der Waals surface area contributed by atoms with E-state index in [9.17, 15) is 9.59 Å². The molecule has 31 heavy (non-hydrogen) atoms. The first-order chi connectivity index (χ1) is 14.8. The number of hydrogen-bond donors (Lipinski definition) is 2. The average Bonchev–Trinajstić information content (AvgIpc) is 3.40. The van der Waals surface area contributed by atoms with Crippen LogP contribution in [0.25, 0.3) is 5.69 Å². The minimum Gasteiger partial charge on any atom is -0.465 e. The Balaban J connectivity index is 1.70. The first kappa shape index (κ1) is 22.4. The Morgan fingerprint density at radius 3 is 2.55 bits per heavy atom. The molecule has 0 saturated carbocycles. The highest BCUT2D eigenvalue weighted by atomic mass is 32.1. The Morgan fingerprint density at radius 2 is 1.97 bits per heavy atom. The van der Waals surface area contributed by atoms with Crippen LogP contribution in [-0.4, -0.2) is 52.9 Å². The SMILES string of the molecule is COC(=O)c1c(NC(=S)NCc2ccc(-n3cccn3)cc2)sc(C(=O)N(C)C)c1C. The highest BCUT2D eigenvalue weighted by Gasteiger charge is 2.26. The molecule has 0 unspecified atom stereocenters. The third kappa shape index (κ3) is 5.09. The third-order valence-corrected chi connectivity index (χ3v) is 5.96. The highest BCUT2D eigenvalue weighted by Crippen LogP contribution is 2.34. The molecule has 10 heteroatoms. The largest absolute Gasteiger partial charge is 0.465 e. The third-order valence-electron chi connectivity index (χ3n) is 4.52. The number of anilines is 1. The second-order valence-corrected chi connectivity index (χ2v) is 8.31. The molecule has 0 aliphatic heterocycles. The van der Waals surface area contributed by atoms with E-state index >= 15 is 0 Å². The zero-order valence-corrected chi connectivity index (χ0v) is 19.3.